The maximum Gasteiger partial charge on any atom is 0.390 e. The lowest BCUT2D eigenvalue weighted by atomic mass is 10.2. The number of nitrogens with one attached hydrogen (secondary N) is 2. The van der Waals surface area contributed by atoms with Gasteiger partial charge in [-0.25, -0.2) is 0 Å². The van der Waals surface area contributed by atoms with Crippen molar-refractivity contribution < 1.29 is 28.5 Å². The van der Waals surface area contributed by atoms with E-state index in [0.29, 0.717) is 22.8 Å². The van der Waals surface area contributed by atoms with Crippen molar-refractivity contribution in [3.05, 3.63) is 46.0 Å². The Morgan fingerprint density at radius 2 is 1.97 bits per heavy atom. The normalized spacial score (nSPS) is 11.9. The van der Waals surface area contributed by atoms with Crippen LogP contribution in [0.1, 0.15) is 16.4 Å². The first-order valence-electron chi connectivity index (χ1n) is 9.38. The molecule has 1 aliphatic heterocycles. The summed E-state index contributed by atoms with van der Waals surface area (Å²) in [6.07, 6.45) is 0. The third-order valence-corrected chi connectivity index (χ3v) is 4.43. The summed E-state index contributed by atoms with van der Waals surface area (Å²) in [6, 6.07) is 6.38. The Morgan fingerprint density at radius 1 is 1.19 bits per heavy atom. The fraction of sp³-hybridized carbons (Fsp3) is 0.278. The van der Waals surface area contributed by atoms with E-state index < -0.39 is 16.7 Å². The molecule has 0 radical (unpaired) electrons. The number of aromatic nitrogens is 4. The monoisotopic (exact) mass is 443 g/mol. The van der Waals surface area contributed by atoms with Gasteiger partial charge in [0.2, 0.25) is 18.5 Å². The molecule has 2 aromatic heterocycles. The second kappa shape index (κ2) is 8.71. The molecular formula is C18H17N7O7. The minimum absolute atomic E-state index is 0.102. The Labute approximate surface area is 179 Å². The summed E-state index contributed by atoms with van der Waals surface area (Å²) in [7, 11) is 0. The van der Waals surface area contributed by atoms with E-state index in [1.165, 1.54) is 10.7 Å². The van der Waals surface area contributed by atoms with Crippen LogP contribution in [0.15, 0.2) is 28.8 Å². The number of amides is 2. The lowest BCUT2D eigenvalue weighted by molar-refractivity contribution is -0.389. The third-order valence-electron chi connectivity index (χ3n) is 4.43. The molecule has 14 nitrogen and oxygen atoms in total. The molecule has 3 aromatic rings. The number of carbonyl (C=O) groups excluding carboxylic acids is 2. The van der Waals surface area contributed by atoms with Crippen LogP contribution in [0.25, 0.3) is 11.4 Å². The second-order valence-electron chi connectivity index (χ2n) is 6.66. The number of fused-ring (bicyclic) bond motifs is 1. The van der Waals surface area contributed by atoms with Gasteiger partial charge in [-0.2, -0.15) is 9.67 Å². The van der Waals surface area contributed by atoms with Crippen LogP contribution in [0.5, 0.6) is 11.5 Å². The van der Waals surface area contributed by atoms with Crippen molar-refractivity contribution in [3.63, 3.8) is 0 Å². The largest absolute Gasteiger partial charge is 0.454 e. The quantitative estimate of drug-likeness (QED) is 0.282. The van der Waals surface area contributed by atoms with Gasteiger partial charge in [0, 0.05) is 18.7 Å². The molecule has 1 aliphatic rings. The molecule has 0 spiro atoms. The van der Waals surface area contributed by atoms with Crippen LogP contribution in [0, 0.1) is 17.0 Å². The molecule has 2 amide bonds. The van der Waals surface area contributed by atoms with Crippen LogP contribution in [0.4, 0.5) is 5.82 Å². The van der Waals surface area contributed by atoms with Gasteiger partial charge in [-0.1, -0.05) is 5.16 Å². The summed E-state index contributed by atoms with van der Waals surface area (Å²) in [5.41, 5.74) is 1.08. The number of carbonyl (C=O) groups is 2. The van der Waals surface area contributed by atoms with Crippen LogP contribution in [-0.2, 0) is 11.3 Å². The number of nitrogens with zero attached hydrogens (tertiary/aromatic N) is 5. The summed E-state index contributed by atoms with van der Waals surface area (Å²) in [4.78, 5) is 38.3. The zero-order valence-electron chi connectivity index (χ0n) is 16.7. The number of rotatable bonds is 8. The first-order valence-corrected chi connectivity index (χ1v) is 9.38. The molecule has 166 valence electrons. The van der Waals surface area contributed by atoms with E-state index in [1.54, 1.807) is 25.1 Å². The minimum Gasteiger partial charge on any atom is -0.454 e. The van der Waals surface area contributed by atoms with Gasteiger partial charge >= 0.3 is 17.6 Å². The molecule has 0 atom stereocenters. The molecule has 1 aromatic carbocycles. The van der Waals surface area contributed by atoms with Crippen molar-refractivity contribution in [2.24, 2.45) is 0 Å². The number of ether oxygens (including phenoxy) is 2. The summed E-state index contributed by atoms with van der Waals surface area (Å²) < 4.78 is 16.8. The van der Waals surface area contributed by atoms with Crippen LogP contribution >= 0.6 is 0 Å². The maximum absolute atomic E-state index is 12.2. The molecule has 0 fully saturated rings. The highest BCUT2D eigenvalue weighted by molar-refractivity contribution is 5.90. The highest BCUT2D eigenvalue weighted by Crippen LogP contribution is 2.35. The van der Waals surface area contributed by atoms with E-state index in [-0.39, 0.29) is 44.0 Å². The van der Waals surface area contributed by atoms with E-state index in [4.69, 9.17) is 14.0 Å². The molecule has 2 N–H and O–H groups in total. The molecule has 3 heterocycles. The Kier molecular flexibility index (Phi) is 5.65. The van der Waals surface area contributed by atoms with E-state index in [1.807, 2.05) is 0 Å². The predicted molar refractivity (Wildman–Crippen MR) is 105 cm³/mol. The van der Waals surface area contributed by atoms with Crippen molar-refractivity contribution in [2.45, 2.75) is 13.5 Å². The number of aryl methyl sites for hydroxylation is 1. The maximum atomic E-state index is 12.2. The Morgan fingerprint density at radius 3 is 2.75 bits per heavy atom. The van der Waals surface area contributed by atoms with Crippen molar-refractivity contribution in [1.29, 1.82) is 0 Å². The van der Waals surface area contributed by atoms with Gasteiger partial charge in [0.15, 0.2) is 11.5 Å². The summed E-state index contributed by atoms with van der Waals surface area (Å²) in [5, 5.41) is 23.4. The van der Waals surface area contributed by atoms with E-state index >= 15 is 0 Å². The van der Waals surface area contributed by atoms with Crippen molar-refractivity contribution in [1.82, 2.24) is 30.6 Å². The molecule has 0 saturated heterocycles. The lowest BCUT2D eigenvalue weighted by Gasteiger charge is -2.05. The van der Waals surface area contributed by atoms with Crippen LogP contribution in [0.2, 0.25) is 0 Å². The Hall–Kier alpha value is -4.49. The predicted octanol–water partition coefficient (Wildman–Crippen LogP) is 0.425. The number of benzene rings is 1. The first kappa shape index (κ1) is 20.8. The second-order valence-corrected chi connectivity index (χ2v) is 6.66. The topological polar surface area (TPSA) is 177 Å². The van der Waals surface area contributed by atoms with Crippen LogP contribution in [-0.4, -0.2) is 56.5 Å². The molecule has 0 saturated carbocycles. The number of hydrogen-bond donors (Lipinski definition) is 2. The Balaban J connectivity index is 1.24. The standard InChI is InChI=1S/C18H17N7O7/c1-10-6-14(25(28)29)22-24(10)8-15(26)19-4-5-20-17(27)18-21-16(23-32-18)11-2-3-12-13(7-11)31-9-30-12/h2-3,6-7H,4-5,8-9H2,1H3,(H,19,26)(H,20,27). The molecule has 32 heavy (non-hydrogen) atoms. The molecule has 4 rings (SSSR count). The fourth-order valence-corrected chi connectivity index (χ4v) is 2.86. The van der Waals surface area contributed by atoms with Gasteiger partial charge in [-0.15, -0.1) is 0 Å². The van der Waals surface area contributed by atoms with Crippen LogP contribution in [0.3, 0.4) is 0 Å². The zero-order chi connectivity index (χ0) is 22.7. The summed E-state index contributed by atoms with van der Waals surface area (Å²) in [5.74, 6) is -0.205. The minimum atomic E-state index is -0.633. The van der Waals surface area contributed by atoms with Crippen molar-refractivity contribution in [2.75, 3.05) is 19.9 Å². The first-order chi connectivity index (χ1) is 15.4. The van der Waals surface area contributed by atoms with E-state index in [2.05, 4.69) is 25.9 Å². The molecule has 0 unspecified atom stereocenters. The lowest BCUT2D eigenvalue weighted by Crippen LogP contribution is -2.36. The SMILES string of the molecule is Cc1cc([N+](=O)[O-])nn1CC(=O)NCCNC(=O)c1nc(-c2ccc3c(c2)OCO3)no1. The summed E-state index contributed by atoms with van der Waals surface area (Å²) >= 11 is 0. The fourth-order valence-electron chi connectivity index (χ4n) is 2.86. The number of nitro groups is 1. The third kappa shape index (κ3) is 4.48. The molecule has 0 bridgehead atoms. The zero-order valence-corrected chi connectivity index (χ0v) is 16.7. The van der Waals surface area contributed by atoms with E-state index in [9.17, 15) is 19.7 Å². The smallest absolute Gasteiger partial charge is 0.390 e. The van der Waals surface area contributed by atoms with E-state index in [0.717, 1.165) is 0 Å². The Bertz CT molecular complexity index is 1190. The van der Waals surface area contributed by atoms with Gasteiger partial charge in [0.25, 0.3) is 0 Å². The van der Waals surface area contributed by atoms with Gasteiger partial charge < -0.3 is 34.7 Å². The molecule has 0 aliphatic carbocycles. The highest BCUT2D eigenvalue weighted by Gasteiger charge is 2.20. The average molecular weight is 443 g/mol. The average Bonchev–Trinajstić information content (AvgIpc) is 3.50. The van der Waals surface area contributed by atoms with Gasteiger partial charge in [-0.05, 0) is 30.0 Å². The van der Waals surface area contributed by atoms with Crippen molar-refractivity contribution in [3.8, 4) is 22.9 Å². The molecule has 14 heteroatoms. The van der Waals surface area contributed by atoms with Gasteiger partial charge in [0.1, 0.15) is 6.54 Å². The number of hydrogen-bond acceptors (Lipinski definition) is 10. The molecular weight excluding hydrogens is 426 g/mol. The summed E-state index contributed by atoms with van der Waals surface area (Å²) in [6.45, 7) is 1.78. The van der Waals surface area contributed by atoms with Gasteiger partial charge in [0.05, 0.1) is 16.9 Å². The van der Waals surface area contributed by atoms with Crippen LogP contribution < -0.4 is 20.1 Å². The van der Waals surface area contributed by atoms with Crippen molar-refractivity contribution >= 4 is 17.6 Å². The highest BCUT2D eigenvalue weighted by atomic mass is 16.7. The van der Waals surface area contributed by atoms with Gasteiger partial charge in [-0.3, -0.25) is 9.59 Å².